The molecule has 1 amide bonds. The minimum atomic E-state index is -0.570. The van der Waals surface area contributed by atoms with Crippen LogP contribution in [-0.4, -0.2) is 36.3 Å². The summed E-state index contributed by atoms with van der Waals surface area (Å²) in [5.41, 5.74) is 2.05. The van der Waals surface area contributed by atoms with Gasteiger partial charge in [-0.3, -0.25) is 9.78 Å². The number of anilines is 1. The monoisotopic (exact) mass is 606 g/mol. The van der Waals surface area contributed by atoms with E-state index in [0.717, 1.165) is 38.6 Å². The number of pyridine rings is 1. The molecule has 0 fully saturated rings. The summed E-state index contributed by atoms with van der Waals surface area (Å²) in [7, 11) is 1.69. The molecule has 5 aromatic rings. The number of benzene rings is 2. The molecule has 3 heterocycles. The van der Waals surface area contributed by atoms with Gasteiger partial charge in [-0.15, -0.1) is 22.7 Å². The van der Waals surface area contributed by atoms with Gasteiger partial charge in [0.05, 0.1) is 23.2 Å². The highest BCUT2D eigenvalue weighted by molar-refractivity contribution is 7.80. The van der Waals surface area contributed by atoms with E-state index in [2.05, 4.69) is 33.1 Å². The lowest BCUT2D eigenvalue weighted by atomic mass is 10.1. The summed E-state index contributed by atoms with van der Waals surface area (Å²) in [5.74, 6) is -0.243. The smallest absolute Gasteiger partial charge is 0.230 e. The van der Waals surface area contributed by atoms with E-state index in [0.29, 0.717) is 18.0 Å². The number of nitrogens with one attached hydrogen (secondary N) is 3. The number of thiocarbonyl (C=S) groups is 1. The zero-order valence-corrected chi connectivity index (χ0v) is 24.6. The van der Waals surface area contributed by atoms with Crippen molar-refractivity contribution < 1.29 is 18.7 Å². The lowest BCUT2D eigenvalue weighted by Gasteiger charge is -2.12. The molecule has 5 rings (SSSR count). The van der Waals surface area contributed by atoms with Crippen LogP contribution in [0.1, 0.15) is 10.4 Å². The fourth-order valence-corrected chi connectivity index (χ4v) is 6.36. The molecule has 0 bridgehead atoms. The molecule has 0 aliphatic carbocycles. The zero-order chi connectivity index (χ0) is 28.6. The third kappa shape index (κ3) is 7.72. The van der Waals surface area contributed by atoms with E-state index < -0.39 is 5.82 Å². The number of ether oxygens (including phenoxy) is 2. The Hall–Kier alpha value is -3.74. The number of hydrogen-bond donors (Lipinski definition) is 3. The van der Waals surface area contributed by atoms with E-state index in [-0.39, 0.29) is 23.2 Å². The highest BCUT2D eigenvalue weighted by atomic mass is 32.1. The summed E-state index contributed by atoms with van der Waals surface area (Å²) in [6, 6.07) is 21.7. The van der Waals surface area contributed by atoms with Crippen molar-refractivity contribution in [2.45, 2.75) is 13.0 Å². The topological polar surface area (TPSA) is 84.5 Å². The van der Waals surface area contributed by atoms with Crippen LogP contribution >= 0.6 is 34.9 Å². The molecule has 0 atom stereocenters. The van der Waals surface area contributed by atoms with Crippen molar-refractivity contribution in [3.8, 4) is 21.3 Å². The first-order valence-electron chi connectivity index (χ1n) is 12.8. The van der Waals surface area contributed by atoms with E-state index in [4.69, 9.17) is 21.7 Å². The Labute approximate surface area is 250 Å². The summed E-state index contributed by atoms with van der Waals surface area (Å²) < 4.78 is 26.9. The van der Waals surface area contributed by atoms with E-state index in [9.17, 15) is 4.79 Å². The highest BCUT2D eigenvalue weighted by Crippen LogP contribution is 2.41. The minimum absolute atomic E-state index is 0.0672. The Morgan fingerprint density at radius 1 is 1.00 bits per heavy atom. The van der Waals surface area contributed by atoms with Gasteiger partial charge >= 0.3 is 0 Å². The molecule has 2 aromatic carbocycles. The molecule has 210 valence electrons. The Bertz CT molecular complexity index is 1660. The van der Waals surface area contributed by atoms with E-state index in [1.54, 1.807) is 48.1 Å². The third-order valence-corrected chi connectivity index (χ3v) is 8.56. The fraction of sp³-hybridized carbons (Fsp3) is 0.167. The van der Waals surface area contributed by atoms with Crippen LogP contribution in [0.5, 0.6) is 11.5 Å². The lowest BCUT2D eigenvalue weighted by Crippen LogP contribution is -2.35. The number of carbonyl (C=O) groups is 1. The number of hydrogen-bond acceptors (Lipinski definition) is 8. The van der Waals surface area contributed by atoms with Gasteiger partial charge < -0.3 is 25.4 Å². The van der Waals surface area contributed by atoms with E-state index >= 15 is 4.39 Å². The number of nitrogens with zero attached hydrogens (tertiary/aromatic N) is 1. The first-order valence-corrected chi connectivity index (χ1v) is 14.8. The lowest BCUT2D eigenvalue weighted by molar-refractivity contribution is -0.119. The predicted molar refractivity (Wildman–Crippen MR) is 167 cm³/mol. The highest BCUT2D eigenvalue weighted by Gasteiger charge is 2.15. The normalized spacial score (nSPS) is 11.0. The molecule has 0 saturated heterocycles. The molecular weight excluding hydrogens is 580 g/mol. The average molecular weight is 607 g/mol. The van der Waals surface area contributed by atoms with Gasteiger partial charge in [-0.25, -0.2) is 4.39 Å². The molecule has 0 unspecified atom stereocenters. The number of rotatable bonds is 11. The van der Waals surface area contributed by atoms with Crippen molar-refractivity contribution >= 4 is 61.8 Å². The Morgan fingerprint density at radius 2 is 1.85 bits per heavy atom. The van der Waals surface area contributed by atoms with Gasteiger partial charge in [0.2, 0.25) is 5.91 Å². The molecule has 0 aliphatic rings. The molecule has 0 spiro atoms. The fourth-order valence-electron chi connectivity index (χ4n) is 4.00. The van der Waals surface area contributed by atoms with Crippen molar-refractivity contribution in [3.05, 3.63) is 95.3 Å². The van der Waals surface area contributed by atoms with Gasteiger partial charge in [-0.2, -0.15) is 0 Å². The molecule has 11 heteroatoms. The van der Waals surface area contributed by atoms with Crippen LogP contribution in [0.4, 0.5) is 10.1 Å². The van der Waals surface area contributed by atoms with Gasteiger partial charge in [0, 0.05) is 58.8 Å². The molecule has 0 saturated carbocycles. The second-order valence-corrected chi connectivity index (χ2v) is 11.6. The number of thiophene rings is 2. The van der Waals surface area contributed by atoms with Gasteiger partial charge in [-0.1, -0.05) is 30.3 Å². The molecule has 3 N–H and O–H groups in total. The van der Waals surface area contributed by atoms with Gasteiger partial charge in [-0.05, 0) is 48.1 Å². The number of methoxy groups -OCH3 is 1. The quantitative estimate of drug-likeness (QED) is 0.113. The first-order chi connectivity index (χ1) is 20.0. The largest absolute Gasteiger partial charge is 0.453 e. The second kappa shape index (κ2) is 13.7. The van der Waals surface area contributed by atoms with Crippen molar-refractivity contribution in [2.75, 3.05) is 25.6 Å². The molecule has 41 heavy (non-hydrogen) atoms. The second-order valence-electron chi connectivity index (χ2n) is 8.98. The van der Waals surface area contributed by atoms with Crippen molar-refractivity contribution in [2.24, 2.45) is 0 Å². The Morgan fingerprint density at radius 3 is 2.66 bits per heavy atom. The molecule has 7 nitrogen and oxygen atoms in total. The molecule has 3 aromatic heterocycles. The third-order valence-electron chi connectivity index (χ3n) is 5.93. The van der Waals surface area contributed by atoms with Gasteiger partial charge in [0.25, 0.3) is 0 Å². The summed E-state index contributed by atoms with van der Waals surface area (Å²) in [5, 5.41) is 8.91. The summed E-state index contributed by atoms with van der Waals surface area (Å²) in [6.07, 6.45) is 1.84. The average Bonchev–Trinajstić information content (AvgIpc) is 3.61. The SMILES string of the molecule is COCCNCc1ccc(-c2cc3nccc(Oc4ccc(NC(=S)NC(=O)Cc5ccccc5)cc4F)c3s2)s1. The number of halogens is 1. The van der Waals surface area contributed by atoms with Crippen LogP contribution in [0.3, 0.4) is 0 Å². The van der Waals surface area contributed by atoms with Crippen LogP contribution < -0.4 is 20.7 Å². The predicted octanol–water partition coefficient (Wildman–Crippen LogP) is 6.75. The summed E-state index contributed by atoms with van der Waals surface area (Å²) in [6.45, 7) is 2.24. The number of aromatic nitrogens is 1. The van der Waals surface area contributed by atoms with Crippen LogP contribution in [0.25, 0.3) is 20.0 Å². The molecular formula is C30H27FN4O3S3. The first kappa shape index (κ1) is 28.8. The van der Waals surface area contributed by atoms with Crippen molar-refractivity contribution in [3.63, 3.8) is 0 Å². The van der Waals surface area contributed by atoms with Crippen molar-refractivity contribution in [1.82, 2.24) is 15.6 Å². The Balaban J connectivity index is 1.23. The standard InChI is InChI=1S/C30H27FN4O3S3/c1-37-14-13-32-18-21-8-10-26(40-21)27-17-23-29(41-27)25(11-12-33-23)38-24-9-7-20(16-22(24)31)34-30(39)35-28(36)15-19-5-3-2-4-6-19/h2-12,16-17,32H,13-15,18H2,1H3,(H2,34,35,36,39). The molecule has 0 radical (unpaired) electrons. The number of amides is 1. The van der Waals surface area contributed by atoms with Gasteiger partial charge in [0.15, 0.2) is 16.7 Å². The van der Waals surface area contributed by atoms with Crippen LogP contribution in [0.15, 0.2) is 79.0 Å². The van der Waals surface area contributed by atoms with Crippen LogP contribution in [0.2, 0.25) is 0 Å². The van der Waals surface area contributed by atoms with Crippen molar-refractivity contribution in [1.29, 1.82) is 0 Å². The van der Waals surface area contributed by atoms with Crippen LogP contribution in [0, 0.1) is 5.82 Å². The minimum Gasteiger partial charge on any atom is -0.453 e. The Kier molecular flexibility index (Phi) is 9.65. The maximum absolute atomic E-state index is 15.0. The number of carbonyl (C=O) groups excluding carboxylic acids is 1. The van der Waals surface area contributed by atoms with Gasteiger partial charge in [0.1, 0.15) is 5.75 Å². The van der Waals surface area contributed by atoms with E-state index in [1.807, 2.05) is 36.4 Å². The molecule has 0 aliphatic heterocycles. The van der Waals surface area contributed by atoms with Crippen LogP contribution in [-0.2, 0) is 22.5 Å². The summed E-state index contributed by atoms with van der Waals surface area (Å²) >= 11 is 8.50. The maximum Gasteiger partial charge on any atom is 0.230 e. The summed E-state index contributed by atoms with van der Waals surface area (Å²) in [4.78, 5) is 20.2. The zero-order valence-electron chi connectivity index (χ0n) is 22.1. The number of fused-ring (bicyclic) bond motifs is 1. The van der Waals surface area contributed by atoms with E-state index in [1.165, 1.54) is 17.0 Å². The maximum atomic E-state index is 15.0.